The summed E-state index contributed by atoms with van der Waals surface area (Å²) in [7, 11) is 4.06. The van der Waals surface area contributed by atoms with Gasteiger partial charge in [0.25, 0.3) is 5.91 Å². The van der Waals surface area contributed by atoms with Crippen LogP contribution in [0.15, 0.2) is 55.0 Å². The lowest BCUT2D eigenvalue weighted by Gasteiger charge is -2.31. The highest BCUT2D eigenvalue weighted by Gasteiger charge is 2.17. The molecule has 0 radical (unpaired) electrons. The predicted octanol–water partition coefficient (Wildman–Crippen LogP) is 3.54. The highest BCUT2D eigenvalue weighted by atomic mass is 16.1. The first kappa shape index (κ1) is 20.1. The first-order valence-corrected chi connectivity index (χ1v) is 10.7. The molecular formula is C24H25N7O. The molecule has 0 aliphatic carbocycles. The van der Waals surface area contributed by atoms with E-state index >= 15 is 0 Å². The van der Waals surface area contributed by atoms with E-state index in [0.717, 1.165) is 53.0 Å². The molecule has 1 saturated heterocycles. The Morgan fingerprint density at radius 1 is 1.09 bits per heavy atom. The third-order valence-electron chi connectivity index (χ3n) is 5.59. The number of nitrogens with zero attached hydrogens (tertiary/aromatic N) is 5. The first-order valence-electron chi connectivity index (χ1n) is 10.7. The van der Waals surface area contributed by atoms with Gasteiger partial charge >= 0.3 is 0 Å². The average molecular weight is 428 g/mol. The summed E-state index contributed by atoms with van der Waals surface area (Å²) in [4.78, 5) is 26.1. The Morgan fingerprint density at radius 2 is 1.97 bits per heavy atom. The minimum absolute atomic E-state index is 0.272. The Morgan fingerprint density at radius 3 is 2.69 bits per heavy atom. The highest BCUT2D eigenvalue weighted by molar-refractivity contribution is 6.11. The van der Waals surface area contributed by atoms with Crippen LogP contribution in [0.5, 0.6) is 0 Å². The standard InChI is InChI=1S/C24H25N7O/c1-30(2)15-16-10-18(13-25-12-16)17-4-6-21-20(11-17)23(29-28-21)24(32)27-19-5-7-22(26-14-19)31-8-3-9-31/h4-7,10-14H,3,8-9,15H2,1-2H3,(H,27,32)(H,28,29). The largest absolute Gasteiger partial charge is 0.356 e. The van der Waals surface area contributed by atoms with Crippen molar-refractivity contribution in [3.05, 3.63) is 66.2 Å². The lowest BCUT2D eigenvalue weighted by Crippen LogP contribution is -2.37. The summed E-state index contributed by atoms with van der Waals surface area (Å²) in [6.45, 7) is 2.88. The molecule has 32 heavy (non-hydrogen) atoms. The van der Waals surface area contributed by atoms with Crippen molar-refractivity contribution in [3.8, 4) is 11.1 Å². The predicted molar refractivity (Wildman–Crippen MR) is 126 cm³/mol. The van der Waals surface area contributed by atoms with Gasteiger partial charge in [-0.25, -0.2) is 4.98 Å². The zero-order chi connectivity index (χ0) is 22.1. The van der Waals surface area contributed by atoms with Crippen molar-refractivity contribution in [1.29, 1.82) is 0 Å². The number of carbonyl (C=O) groups is 1. The fourth-order valence-electron chi connectivity index (χ4n) is 3.85. The summed E-state index contributed by atoms with van der Waals surface area (Å²) in [6, 6.07) is 11.9. The van der Waals surface area contributed by atoms with Gasteiger partial charge < -0.3 is 15.1 Å². The number of amides is 1. The molecule has 8 heteroatoms. The van der Waals surface area contributed by atoms with Crippen molar-refractivity contribution < 1.29 is 4.79 Å². The molecule has 0 unspecified atom stereocenters. The smallest absolute Gasteiger partial charge is 0.276 e. The molecule has 1 aliphatic rings. The fourth-order valence-corrected chi connectivity index (χ4v) is 3.85. The van der Waals surface area contributed by atoms with E-state index < -0.39 is 0 Å². The van der Waals surface area contributed by atoms with Gasteiger partial charge in [0.1, 0.15) is 5.82 Å². The highest BCUT2D eigenvalue weighted by Crippen LogP contribution is 2.26. The molecule has 2 N–H and O–H groups in total. The van der Waals surface area contributed by atoms with Gasteiger partial charge in [0.2, 0.25) is 0 Å². The number of H-pyrrole nitrogens is 1. The maximum Gasteiger partial charge on any atom is 0.276 e. The number of fused-ring (bicyclic) bond motifs is 1. The second-order valence-corrected chi connectivity index (χ2v) is 8.35. The number of pyridine rings is 2. The normalized spacial score (nSPS) is 13.4. The quantitative estimate of drug-likeness (QED) is 0.489. The molecule has 0 atom stereocenters. The van der Waals surface area contributed by atoms with Crippen molar-refractivity contribution in [3.63, 3.8) is 0 Å². The number of hydrogen-bond acceptors (Lipinski definition) is 6. The Labute approximate surface area is 186 Å². The van der Waals surface area contributed by atoms with E-state index in [1.807, 2.05) is 56.8 Å². The summed E-state index contributed by atoms with van der Waals surface area (Å²) in [6.07, 6.45) is 6.60. The Balaban J connectivity index is 1.39. The van der Waals surface area contributed by atoms with Crippen LogP contribution in [-0.4, -0.2) is 58.2 Å². The van der Waals surface area contributed by atoms with E-state index in [0.29, 0.717) is 11.4 Å². The fraction of sp³-hybridized carbons (Fsp3) is 0.250. The van der Waals surface area contributed by atoms with Crippen LogP contribution in [-0.2, 0) is 6.54 Å². The molecule has 0 spiro atoms. The summed E-state index contributed by atoms with van der Waals surface area (Å²) >= 11 is 0. The summed E-state index contributed by atoms with van der Waals surface area (Å²) < 4.78 is 0. The van der Waals surface area contributed by atoms with Gasteiger partial charge in [-0.15, -0.1) is 0 Å². The molecule has 1 aliphatic heterocycles. The van der Waals surface area contributed by atoms with Crippen LogP contribution in [0.25, 0.3) is 22.0 Å². The number of benzene rings is 1. The van der Waals surface area contributed by atoms with Crippen LogP contribution in [0.1, 0.15) is 22.5 Å². The van der Waals surface area contributed by atoms with Gasteiger partial charge in [-0.2, -0.15) is 5.10 Å². The summed E-state index contributed by atoms with van der Waals surface area (Å²) in [5.41, 5.74) is 4.93. The number of aromatic amines is 1. The molecule has 4 heterocycles. The van der Waals surface area contributed by atoms with Gasteiger partial charge in [-0.1, -0.05) is 6.07 Å². The van der Waals surface area contributed by atoms with E-state index in [9.17, 15) is 4.79 Å². The van der Waals surface area contributed by atoms with Crippen LogP contribution in [0.3, 0.4) is 0 Å². The topological polar surface area (TPSA) is 90.0 Å². The SMILES string of the molecule is CN(C)Cc1cncc(-c2ccc3[nH]nc(C(=O)Nc4ccc(N5CCC5)nc4)c3c2)c1. The zero-order valence-electron chi connectivity index (χ0n) is 18.2. The van der Waals surface area contributed by atoms with E-state index in [4.69, 9.17) is 0 Å². The average Bonchev–Trinajstić information content (AvgIpc) is 3.17. The van der Waals surface area contributed by atoms with Crippen molar-refractivity contribution in [2.45, 2.75) is 13.0 Å². The number of nitrogens with one attached hydrogen (secondary N) is 2. The van der Waals surface area contributed by atoms with Crippen LogP contribution in [0.2, 0.25) is 0 Å². The van der Waals surface area contributed by atoms with Gasteiger partial charge in [-0.3, -0.25) is 14.9 Å². The van der Waals surface area contributed by atoms with Crippen LogP contribution >= 0.6 is 0 Å². The van der Waals surface area contributed by atoms with Crippen molar-refractivity contribution >= 4 is 28.3 Å². The molecule has 4 aromatic rings. The number of rotatable bonds is 6. The Hall–Kier alpha value is -3.78. The van der Waals surface area contributed by atoms with Crippen LogP contribution in [0.4, 0.5) is 11.5 Å². The van der Waals surface area contributed by atoms with Crippen molar-refractivity contribution in [2.75, 3.05) is 37.4 Å². The Bertz CT molecular complexity index is 1260. The van der Waals surface area contributed by atoms with Crippen molar-refractivity contribution in [1.82, 2.24) is 25.1 Å². The van der Waals surface area contributed by atoms with E-state index in [1.54, 1.807) is 6.20 Å². The minimum atomic E-state index is -0.272. The van der Waals surface area contributed by atoms with Gasteiger partial charge in [0, 0.05) is 43.0 Å². The third-order valence-corrected chi connectivity index (χ3v) is 5.59. The van der Waals surface area contributed by atoms with Gasteiger partial charge in [0.15, 0.2) is 5.69 Å². The molecule has 1 fully saturated rings. The lowest BCUT2D eigenvalue weighted by atomic mass is 10.0. The van der Waals surface area contributed by atoms with Gasteiger partial charge in [-0.05, 0) is 62.0 Å². The number of anilines is 2. The maximum absolute atomic E-state index is 12.9. The molecule has 1 amide bonds. The molecule has 8 nitrogen and oxygen atoms in total. The zero-order valence-corrected chi connectivity index (χ0v) is 18.2. The summed E-state index contributed by atoms with van der Waals surface area (Å²) in [5, 5.41) is 10.9. The monoisotopic (exact) mass is 427 g/mol. The second-order valence-electron chi connectivity index (χ2n) is 8.35. The number of hydrogen-bond donors (Lipinski definition) is 2. The second kappa shape index (κ2) is 8.39. The molecule has 3 aromatic heterocycles. The van der Waals surface area contributed by atoms with Gasteiger partial charge in [0.05, 0.1) is 17.4 Å². The maximum atomic E-state index is 12.9. The molecular weight excluding hydrogens is 402 g/mol. The molecule has 0 bridgehead atoms. The molecule has 1 aromatic carbocycles. The molecule has 162 valence electrons. The van der Waals surface area contributed by atoms with E-state index in [2.05, 4.69) is 41.3 Å². The molecule has 5 rings (SSSR count). The third kappa shape index (κ3) is 4.04. The summed E-state index contributed by atoms with van der Waals surface area (Å²) in [5.74, 6) is 0.667. The van der Waals surface area contributed by atoms with Crippen molar-refractivity contribution in [2.24, 2.45) is 0 Å². The van der Waals surface area contributed by atoms with Crippen LogP contribution in [0, 0.1) is 0 Å². The van der Waals surface area contributed by atoms with Crippen LogP contribution < -0.4 is 10.2 Å². The first-order chi connectivity index (χ1) is 15.6. The lowest BCUT2D eigenvalue weighted by molar-refractivity contribution is 0.102. The minimum Gasteiger partial charge on any atom is -0.356 e. The van der Waals surface area contributed by atoms with E-state index in [1.165, 1.54) is 6.42 Å². The molecule has 0 saturated carbocycles. The number of carbonyl (C=O) groups excluding carboxylic acids is 1. The van der Waals surface area contributed by atoms with E-state index in [-0.39, 0.29) is 5.91 Å². The Kier molecular flexibility index (Phi) is 5.28. The number of aromatic nitrogens is 4.